The van der Waals surface area contributed by atoms with Gasteiger partial charge in [0.2, 0.25) is 11.8 Å². The maximum absolute atomic E-state index is 11.5. The zero-order chi connectivity index (χ0) is 13.2. The fourth-order valence-corrected chi connectivity index (χ4v) is 1.79. The van der Waals surface area contributed by atoms with Crippen molar-refractivity contribution in [3.8, 4) is 5.88 Å². The zero-order valence-corrected chi connectivity index (χ0v) is 11.1. The number of nitrogens with zero attached hydrogens (tertiary/aromatic N) is 1. The molecule has 1 aliphatic rings. The predicted molar refractivity (Wildman–Crippen MR) is 68.9 cm³/mol. The number of carbonyl (C=O) groups excluding carboxylic acids is 1. The monoisotopic (exact) mass is 289 g/mol. The standard InChI is InChI=1S/C11H13Cl2N3O2/c12-7-5-8(13)9(16-6-7)18-4-3-15-10(17)11(14)1-2-11/h5-6H,1-4,14H2,(H,15,17). The first-order valence-electron chi connectivity index (χ1n) is 5.52. The molecule has 0 aliphatic heterocycles. The van der Waals surface area contributed by atoms with Crippen molar-refractivity contribution in [2.75, 3.05) is 13.2 Å². The Kier molecular flexibility index (Phi) is 3.94. The van der Waals surface area contributed by atoms with E-state index in [1.807, 2.05) is 0 Å². The zero-order valence-electron chi connectivity index (χ0n) is 9.58. The van der Waals surface area contributed by atoms with Crippen molar-refractivity contribution < 1.29 is 9.53 Å². The van der Waals surface area contributed by atoms with Crippen LogP contribution in [0.15, 0.2) is 12.3 Å². The van der Waals surface area contributed by atoms with E-state index in [4.69, 9.17) is 33.7 Å². The van der Waals surface area contributed by atoms with Gasteiger partial charge in [0, 0.05) is 6.20 Å². The van der Waals surface area contributed by atoms with Crippen LogP contribution in [0.4, 0.5) is 0 Å². The minimum Gasteiger partial charge on any atom is -0.475 e. The minimum atomic E-state index is -0.657. The van der Waals surface area contributed by atoms with Gasteiger partial charge in [0.25, 0.3) is 0 Å². The average Bonchev–Trinajstić information content (AvgIpc) is 3.06. The van der Waals surface area contributed by atoms with E-state index in [9.17, 15) is 4.79 Å². The van der Waals surface area contributed by atoms with Crippen LogP contribution in [0.25, 0.3) is 0 Å². The second-order valence-electron chi connectivity index (χ2n) is 4.20. The SMILES string of the molecule is NC1(C(=O)NCCOc2ncc(Cl)cc2Cl)CC1. The molecule has 5 nitrogen and oxygen atoms in total. The molecule has 98 valence electrons. The molecule has 7 heteroatoms. The number of rotatable bonds is 5. The third kappa shape index (κ3) is 3.25. The summed E-state index contributed by atoms with van der Waals surface area (Å²) < 4.78 is 5.32. The summed E-state index contributed by atoms with van der Waals surface area (Å²) in [6.07, 6.45) is 2.93. The van der Waals surface area contributed by atoms with Crippen LogP contribution in [0.1, 0.15) is 12.8 Å². The Labute approximate surface area is 115 Å². The molecular formula is C11H13Cl2N3O2. The van der Waals surface area contributed by atoms with Crippen molar-refractivity contribution in [1.29, 1.82) is 0 Å². The quantitative estimate of drug-likeness (QED) is 0.803. The van der Waals surface area contributed by atoms with Crippen molar-refractivity contribution in [3.63, 3.8) is 0 Å². The summed E-state index contributed by atoms with van der Waals surface area (Å²) in [5, 5.41) is 3.48. The molecule has 1 heterocycles. The summed E-state index contributed by atoms with van der Waals surface area (Å²) in [6.45, 7) is 0.634. The van der Waals surface area contributed by atoms with Crippen molar-refractivity contribution in [2.45, 2.75) is 18.4 Å². The van der Waals surface area contributed by atoms with E-state index < -0.39 is 5.54 Å². The average molecular weight is 290 g/mol. The second-order valence-corrected chi connectivity index (χ2v) is 5.04. The van der Waals surface area contributed by atoms with Crippen LogP contribution in [0.5, 0.6) is 5.88 Å². The van der Waals surface area contributed by atoms with E-state index in [0.717, 1.165) is 12.8 Å². The number of halogens is 2. The van der Waals surface area contributed by atoms with Crippen molar-refractivity contribution >= 4 is 29.1 Å². The molecule has 1 fully saturated rings. The maximum Gasteiger partial charge on any atom is 0.240 e. The van der Waals surface area contributed by atoms with E-state index in [-0.39, 0.29) is 12.5 Å². The number of nitrogens with one attached hydrogen (secondary N) is 1. The smallest absolute Gasteiger partial charge is 0.240 e. The Bertz CT molecular complexity index is 464. The van der Waals surface area contributed by atoms with Gasteiger partial charge in [-0.1, -0.05) is 23.2 Å². The molecule has 1 aliphatic carbocycles. The number of nitrogens with two attached hydrogens (primary N) is 1. The molecule has 2 rings (SSSR count). The van der Waals surface area contributed by atoms with Crippen LogP contribution < -0.4 is 15.8 Å². The largest absolute Gasteiger partial charge is 0.475 e. The Morgan fingerprint density at radius 2 is 2.28 bits per heavy atom. The van der Waals surface area contributed by atoms with Gasteiger partial charge in [0.15, 0.2) is 0 Å². The van der Waals surface area contributed by atoms with E-state index in [2.05, 4.69) is 10.3 Å². The maximum atomic E-state index is 11.5. The summed E-state index contributed by atoms with van der Waals surface area (Å²) in [5.74, 6) is 0.158. The number of aromatic nitrogens is 1. The molecule has 18 heavy (non-hydrogen) atoms. The Balaban J connectivity index is 1.73. The first-order valence-corrected chi connectivity index (χ1v) is 6.28. The molecule has 0 bridgehead atoms. The first kappa shape index (κ1) is 13.4. The Morgan fingerprint density at radius 1 is 1.56 bits per heavy atom. The molecule has 1 amide bonds. The van der Waals surface area contributed by atoms with Crippen molar-refractivity contribution in [1.82, 2.24) is 10.3 Å². The highest BCUT2D eigenvalue weighted by molar-refractivity contribution is 6.35. The van der Waals surface area contributed by atoms with E-state index in [1.165, 1.54) is 6.20 Å². The number of carbonyl (C=O) groups is 1. The van der Waals surface area contributed by atoms with Crippen LogP contribution in [-0.2, 0) is 4.79 Å². The van der Waals surface area contributed by atoms with Crippen LogP contribution in [0, 0.1) is 0 Å². The predicted octanol–water partition coefficient (Wildman–Crippen LogP) is 1.37. The third-order valence-electron chi connectivity index (χ3n) is 2.64. The third-order valence-corrected chi connectivity index (χ3v) is 3.12. The second kappa shape index (κ2) is 5.30. The molecule has 0 atom stereocenters. The molecule has 1 aromatic rings. The van der Waals surface area contributed by atoms with E-state index in [0.29, 0.717) is 22.5 Å². The molecule has 0 saturated heterocycles. The molecule has 3 N–H and O–H groups in total. The molecule has 0 unspecified atom stereocenters. The van der Waals surface area contributed by atoms with Gasteiger partial charge in [0.05, 0.1) is 17.1 Å². The van der Waals surface area contributed by atoms with Crippen molar-refractivity contribution in [2.24, 2.45) is 5.73 Å². The van der Waals surface area contributed by atoms with Crippen molar-refractivity contribution in [3.05, 3.63) is 22.3 Å². The number of pyridine rings is 1. The highest BCUT2D eigenvalue weighted by Crippen LogP contribution is 2.32. The fraction of sp³-hybridized carbons (Fsp3) is 0.455. The minimum absolute atomic E-state index is 0.138. The van der Waals surface area contributed by atoms with E-state index >= 15 is 0 Å². The topological polar surface area (TPSA) is 77.2 Å². The van der Waals surface area contributed by atoms with Gasteiger partial charge in [0.1, 0.15) is 11.6 Å². The highest BCUT2D eigenvalue weighted by Gasteiger charge is 2.45. The lowest BCUT2D eigenvalue weighted by molar-refractivity contribution is -0.123. The molecular weight excluding hydrogens is 277 g/mol. The first-order chi connectivity index (χ1) is 8.51. The fourth-order valence-electron chi connectivity index (χ4n) is 1.36. The number of ether oxygens (including phenoxy) is 1. The van der Waals surface area contributed by atoms with Crippen LogP contribution in [0.3, 0.4) is 0 Å². The highest BCUT2D eigenvalue weighted by atomic mass is 35.5. The Morgan fingerprint density at radius 3 is 2.89 bits per heavy atom. The lowest BCUT2D eigenvalue weighted by Gasteiger charge is -2.11. The Hall–Kier alpha value is -1.04. The van der Waals surface area contributed by atoms with Gasteiger partial charge in [-0.15, -0.1) is 0 Å². The number of hydrogen-bond donors (Lipinski definition) is 2. The lowest BCUT2D eigenvalue weighted by atomic mass is 10.3. The van der Waals surface area contributed by atoms with Gasteiger partial charge >= 0.3 is 0 Å². The van der Waals surface area contributed by atoms with Gasteiger partial charge in [-0.2, -0.15) is 0 Å². The van der Waals surface area contributed by atoms with Gasteiger partial charge in [-0.05, 0) is 18.9 Å². The van der Waals surface area contributed by atoms with Gasteiger partial charge < -0.3 is 15.8 Å². The summed E-state index contributed by atoms with van der Waals surface area (Å²) in [4.78, 5) is 15.4. The number of amides is 1. The van der Waals surface area contributed by atoms with Crippen LogP contribution in [-0.4, -0.2) is 29.6 Å². The van der Waals surface area contributed by atoms with Crippen LogP contribution in [0.2, 0.25) is 10.0 Å². The molecule has 0 spiro atoms. The summed E-state index contributed by atoms with van der Waals surface area (Å²) in [6, 6.07) is 1.54. The number of hydrogen-bond acceptors (Lipinski definition) is 4. The molecule has 0 aromatic carbocycles. The van der Waals surface area contributed by atoms with Crippen LogP contribution >= 0.6 is 23.2 Å². The van der Waals surface area contributed by atoms with E-state index in [1.54, 1.807) is 6.07 Å². The molecule has 0 radical (unpaired) electrons. The lowest BCUT2D eigenvalue weighted by Crippen LogP contribution is -2.44. The van der Waals surface area contributed by atoms with Gasteiger partial charge in [-0.3, -0.25) is 4.79 Å². The summed E-state index contributed by atoms with van der Waals surface area (Å²) in [5.41, 5.74) is 5.07. The summed E-state index contributed by atoms with van der Waals surface area (Å²) >= 11 is 11.6. The van der Waals surface area contributed by atoms with Gasteiger partial charge in [-0.25, -0.2) is 4.98 Å². The summed E-state index contributed by atoms with van der Waals surface area (Å²) in [7, 11) is 0. The molecule has 1 aromatic heterocycles. The normalized spacial score (nSPS) is 16.2. The molecule has 1 saturated carbocycles.